The molecule has 0 bridgehead atoms. The lowest BCUT2D eigenvalue weighted by atomic mass is 10.1. The first-order chi connectivity index (χ1) is 12.7. The fourth-order valence-electron chi connectivity index (χ4n) is 2.32. The van der Waals surface area contributed by atoms with Gasteiger partial charge in [0, 0.05) is 11.9 Å². The molecule has 8 nitrogen and oxygen atoms in total. The summed E-state index contributed by atoms with van der Waals surface area (Å²) in [6.45, 7) is 1.93. The van der Waals surface area contributed by atoms with Crippen LogP contribution in [0.5, 0.6) is 0 Å². The molecule has 0 radical (unpaired) electrons. The molecular weight excluding hydrogens is 332 g/mol. The van der Waals surface area contributed by atoms with Gasteiger partial charge in [0.25, 0.3) is 0 Å². The van der Waals surface area contributed by atoms with Gasteiger partial charge in [0.1, 0.15) is 5.69 Å². The van der Waals surface area contributed by atoms with Crippen LogP contribution in [0.4, 0.5) is 17.6 Å². The average Bonchev–Trinajstić information content (AvgIpc) is 2.67. The number of hydrogen-bond acceptors (Lipinski definition) is 8. The summed E-state index contributed by atoms with van der Waals surface area (Å²) in [5.74, 6) is 0.0244. The lowest BCUT2D eigenvalue weighted by Gasteiger charge is -2.10. The zero-order chi connectivity index (χ0) is 18.4. The number of pyridine rings is 1. The molecule has 0 atom stereocenters. The maximum atomic E-state index is 12.0. The van der Waals surface area contributed by atoms with Crippen LogP contribution in [0.15, 0.2) is 48.7 Å². The van der Waals surface area contributed by atoms with E-state index in [4.69, 9.17) is 10.5 Å². The first kappa shape index (κ1) is 17.3. The van der Waals surface area contributed by atoms with Crippen molar-refractivity contribution in [3.63, 3.8) is 0 Å². The van der Waals surface area contributed by atoms with E-state index in [0.717, 1.165) is 17.7 Å². The third kappa shape index (κ3) is 4.29. The summed E-state index contributed by atoms with van der Waals surface area (Å²) in [4.78, 5) is 28.2. The van der Waals surface area contributed by atoms with E-state index in [2.05, 4.69) is 32.2 Å². The summed E-state index contributed by atoms with van der Waals surface area (Å²) in [6, 6.07) is 12.8. The van der Waals surface area contributed by atoms with Crippen molar-refractivity contribution in [3.8, 4) is 0 Å². The molecule has 2 aromatic heterocycles. The smallest absolute Gasteiger partial charge is 0.357 e. The van der Waals surface area contributed by atoms with Gasteiger partial charge in [-0.2, -0.15) is 15.0 Å². The largest absolute Gasteiger partial charge is 0.453 e. The summed E-state index contributed by atoms with van der Waals surface area (Å²) in [5, 5.41) is 3.13. The van der Waals surface area contributed by atoms with Crippen molar-refractivity contribution in [2.75, 3.05) is 11.1 Å². The molecule has 8 heteroatoms. The first-order valence-electron chi connectivity index (χ1n) is 8.09. The molecule has 3 aromatic rings. The van der Waals surface area contributed by atoms with Crippen molar-refractivity contribution < 1.29 is 9.53 Å². The SMILES string of the molecule is CCc1ccccc1Nc1nc(N)nc(COC(=O)c2ccccn2)n1. The van der Waals surface area contributed by atoms with Crippen LogP contribution < -0.4 is 11.1 Å². The lowest BCUT2D eigenvalue weighted by Crippen LogP contribution is -2.12. The van der Waals surface area contributed by atoms with E-state index in [1.807, 2.05) is 24.3 Å². The first-order valence-corrected chi connectivity index (χ1v) is 8.09. The third-order valence-corrected chi connectivity index (χ3v) is 3.55. The Morgan fingerprint density at radius 2 is 1.92 bits per heavy atom. The number of nitrogens with two attached hydrogens (primary N) is 1. The van der Waals surface area contributed by atoms with Crippen molar-refractivity contribution >= 4 is 23.6 Å². The van der Waals surface area contributed by atoms with Gasteiger partial charge in [0.2, 0.25) is 11.9 Å². The quantitative estimate of drug-likeness (QED) is 0.651. The number of rotatable bonds is 6. The van der Waals surface area contributed by atoms with Gasteiger partial charge in [-0.15, -0.1) is 0 Å². The number of carbonyl (C=O) groups excluding carboxylic acids is 1. The van der Waals surface area contributed by atoms with E-state index in [0.29, 0.717) is 5.95 Å². The minimum Gasteiger partial charge on any atom is -0.453 e. The predicted molar refractivity (Wildman–Crippen MR) is 96.7 cm³/mol. The molecule has 0 aliphatic heterocycles. The lowest BCUT2D eigenvalue weighted by molar-refractivity contribution is 0.0455. The molecule has 1 aromatic carbocycles. The molecule has 0 saturated carbocycles. The second kappa shape index (κ2) is 8.02. The highest BCUT2D eigenvalue weighted by Gasteiger charge is 2.11. The molecule has 0 unspecified atom stereocenters. The number of aryl methyl sites for hydroxylation is 1. The van der Waals surface area contributed by atoms with Gasteiger partial charge < -0.3 is 15.8 Å². The second-order valence-electron chi connectivity index (χ2n) is 5.36. The number of benzene rings is 1. The molecule has 26 heavy (non-hydrogen) atoms. The van der Waals surface area contributed by atoms with Crippen LogP contribution in [0.3, 0.4) is 0 Å². The van der Waals surface area contributed by atoms with E-state index in [1.54, 1.807) is 18.2 Å². The number of nitrogens with one attached hydrogen (secondary N) is 1. The molecule has 3 rings (SSSR count). The zero-order valence-electron chi connectivity index (χ0n) is 14.2. The van der Waals surface area contributed by atoms with Crippen LogP contribution in [0.2, 0.25) is 0 Å². The van der Waals surface area contributed by atoms with Crippen molar-refractivity contribution in [2.24, 2.45) is 0 Å². The predicted octanol–water partition coefficient (Wildman–Crippen LogP) is 2.51. The summed E-state index contributed by atoms with van der Waals surface area (Å²) in [6.07, 6.45) is 2.38. The summed E-state index contributed by atoms with van der Waals surface area (Å²) >= 11 is 0. The minimum atomic E-state index is -0.560. The van der Waals surface area contributed by atoms with Crippen LogP contribution in [0.1, 0.15) is 28.8 Å². The Kier molecular flexibility index (Phi) is 5.33. The number of esters is 1. The molecule has 0 amide bonds. The number of aromatic nitrogens is 4. The molecule has 0 saturated heterocycles. The molecule has 0 fully saturated rings. The minimum absolute atomic E-state index is 0.0420. The number of nitrogen functional groups attached to an aromatic ring is 1. The Balaban J connectivity index is 1.72. The van der Waals surface area contributed by atoms with Crippen molar-refractivity contribution in [2.45, 2.75) is 20.0 Å². The fourth-order valence-corrected chi connectivity index (χ4v) is 2.32. The van der Waals surface area contributed by atoms with E-state index in [1.165, 1.54) is 6.20 Å². The van der Waals surface area contributed by atoms with Gasteiger partial charge in [0.15, 0.2) is 12.4 Å². The van der Waals surface area contributed by atoms with Gasteiger partial charge in [-0.05, 0) is 30.2 Å². The van der Waals surface area contributed by atoms with Gasteiger partial charge >= 0.3 is 5.97 Å². The molecular formula is C18H18N6O2. The Morgan fingerprint density at radius 3 is 2.69 bits per heavy atom. The Hall–Kier alpha value is -3.55. The maximum absolute atomic E-state index is 12.0. The summed E-state index contributed by atoms with van der Waals surface area (Å²) < 4.78 is 5.18. The van der Waals surface area contributed by atoms with Gasteiger partial charge in [-0.1, -0.05) is 31.2 Å². The number of nitrogens with zero attached hydrogens (tertiary/aromatic N) is 4. The van der Waals surface area contributed by atoms with E-state index < -0.39 is 5.97 Å². The molecule has 0 spiro atoms. The molecule has 0 aliphatic rings. The molecule has 132 valence electrons. The monoisotopic (exact) mass is 350 g/mol. The van der Waals surface area contributed by atoms with Crippen LogP contribution in [0, 0.1) is 0 Å². The highest BCUT2D eigenvalue weighted by atomic mass is 16.5. The van der Waals surface area contributed by atoms with Crippen molar-refractivity contribution in [3.05, 3.63) is 65.7 Å². The third-order valence-electron chi connectivity index (χ3n) is 3.55. The highest BCUT2D eigenvalue weighted by Crippen LogP contribution is 2.19. The second-order valence-corrected chi connectivity index (χ2v) is 5.36. The number of carbonyl (C=O) groups is 1. The van der Waals surface area contributed by atoms with Gasteiger partial charge in [-0.25, -0.2) is 9.78 Å². The normalized spacial score (nSPS) is 10.3. The fraction of sp³-hybridized carbons (Fsp3) is 0.167. The van der Waals surface area contributed by atoms with Crippen LogP contribution in [0.25, 0.3) is 0 Å². The van der Waals surface area contributed by atoms with E-state index in [9.17, 15) is 4.79 Å². The number of anilines is 3. The summed E-state index contributed by atoms with van der Waals surface area (Å²) in [5.41, 5.74) is 7.96. The Morgan fingerprint density at radius 1 is 1.12 bits per heavy atom. The van der Waals surface area contributed by atoms with Gasteiger partial charge in [-0.3, -0.25) is 0 Å². The topological polar surface area (TPSA) is 116 Å². The number of hydrogen-bond donors (Lipinski definition) is 2. The Labute approximate surface area is 150 Å². The molecule has 3 N–H and O–H groups in total. The van der Waals surface area contributed by atoms with Crippen LogP contribution in [-0.2, 0) is 17.8 Å². The Bertz CT molecular complexity index is 901. The zero-order valence-corrected chi connectivity index (χ0v) is 14.2. The number of ether oxygens (including phenoxy) is 1. The maximum Gasteiger partial charge on any atom is 0.357 e. The van der Waals surface area contributed by atoms with Gasteiger partial charge in [0.05, 0.1) is 0 Å². The summed E-state index contributed by atoms with van der Waals surface area (Å²) in [7, 11) is 0. The van der Waals surface area contributed by atoms with E-state index >= 15 is 0 Å². The van der Waals surface area contributed by atoms with Crippen LogP contribution >= 0.6 is 0 Å². The van der Waals surface area contributed by atoms with E-state index in [-0.39, 0.29) is 24.1 Å². The highest BCUT2D eigenvalue weighted by molar-refractivity contribution is 5.87. The molecule has 0 aliphatic carbocycles. The average molecular weight is 350 g/mol. The van der Waals surface area contributed by atoms with Crippen LogP contribution in [-0.4, -0.2) is 25.9 Å². The number of para-hydroxylation sites is 1. The van der Waals surface area contributed by atoms with Crippen molar-refractivity contribution in [1.82, 2.24) is 19.9 Å². The standard InChI is InChI=1S/C18H18N6O2/c1-2-12-7-3-4-8-13(12)21-18-23-15(22-17(19)24-18)11-26-16(25)14-9-5-6-10-20-14/h3-10H,2,11H2,1H3,(H3,19,21,22,23,24). The van der Waals surface area contributed by atoms with Crippen molar-refractivity contribution in [1.29, 1.82) is 0 Å². The molecule has 2 heterocycles.